The van der Waals surface area contributed by atoms with Crippen LogP contribution in [0.2, 0.25) is 0 Å². The maximum absolute atomic E-state index is 5.90. The van der Waals surface area contributed by atoms with Gasteiger partial charge in [-0.1, -0.05) is 25.7 Å². The van der Waals surface area contributed by atoms with E-state index >= 15 is 0 Å². The predicted octanol–water partition coefficient (Wildman–Crippen LogP) is 3.68. The van der Waals surface area contributed by atoms with E-state index in [1.807, 2.05) is 0 Å². The fourth-order valence-corrected chi connectivity index (χ4v) is 3.55. The Bertz CT molecular complexity index is 417. The van der Waals surface area contributed by atoms with Gasteiger partial charge < -0.3 is 14.6 Å². The molecular formula is C16H27N3O. The lowest BCUT2D eigenvalue weighted by Crippen LogP contribution is -2.18. The molecule has 4 nitrogen and oxygen atoms in total. The van der Waals surface area contributed by atoms with E-state index in [-0.39, 0.29) is 0 Å². The van der Waals surface area contributed by atoms with Crippen molar-refractivity contribution < 1.29 is 4.74 Å². The van der Waals surface area contributed by atoms with Gasteiger partial charge in [-0.2, -0.15) is 0 Å². The largest absolute Gasteiger partial charge is 0.376 e. The Hall–Kier alpha value is -1.03. The van der Waals surface area contributed by atoms with Gasteiger partial charge in [-0.25, -0.2) is 4.98 Å². The number of imidazole rings is 1. The fourth-order valence-electron chi connectivity index (χ4n) is 3.55. The predicted molar refractivity (Wildman–Crippen MR) is 81.2 cm³/mol. The van der Waals surface area contributed by atoms with Gasteiger partial charge in [-0.3, -0.25) is 0 Å². The lowest BCUT2D eigenvalue weighted by atomic mass is 10.2. The van der Waals surface area contributed by atoms with Crippen molar-refractivity contribution in [2.24, 2.45) is 0 Å². The van der Waals surface area contributed by atoms with E-state index in [4.69, 9.17) is 4.74 Å². The van der Waals surface area contributed by atoms with Gasteiger partial charge in [0.05, 0.1) is 18.4 Å². The SMILES string of the molecule is Cc1cn(C2CCCC2)c(NCCOC2CCCC2)n1. The molecule has 2 aliphatic carbocycles. The molecule has 3 rings (SSSR count). The third-order valence-corrected chi connectivity index (χ3v) is 4.61. The molecule has 4 heteroatoms. The van der Waals surface area contributed by atoms with Gasteiger partial charge in [-0.05, 0) is 32.6 Å². The van der Waals surface area contributed by atoms with E-state index < -0.39 is 0 Å². The van der Waals surface area contributed by atoms with Crippen LogP contribution < -0.4 is 5.32 Å². The summed E-state index contributed by atoms with van der Waals surface area (Å²) in [5, 5.41) is 3.46. The maximum Gasteiger partial charge on any atom is 0.203 e. The van der Waals surface area contributed by atoms with Crippen LogP contribution in [-0.2, 0) is 4.74 Å². The quantitative estimate of drug-likeness (QED) is 0.806. The van der Waals surface area contributed by atoms with E-state index in [1.165, 1.54) is 51.4 Å². The number of aryl methyl sites for hydroxylation is 1. The Labute approximate surface area is 121 Å². The van der Waals surface area contributed by atoms with Crippen LogP contribution in [0.25, 0.3) is 0 Å². The minimum absolute atomic E-state index is 0.508. The van der Waals surface area contributed by atoms with E-state index in [2.05, 4.69) is 28.0 Å². The number of anilines is 1. The van der Waals surface area contributed by atoms with Crippen LogP contribution in [-0.4, -0.2) is 28.8 Å². The molecule has 1 N–H and O–H groups in total. The van der Waals surface area contributed by atoms with Crippen molar-refractivity contribution in [1.29, 1.82) is 0 Å². The number of rotatable bonds is 6. The first kappa shape index (κ1) is 13.9. The number of nitrogens with one attached hydrogen (secondary N) is 1. The van der Waals surface area contributed by atoms with Gasteiger partial charge in [0.1, 0.15) is 0 Å². The van der Waals surface area contributed by atoms with Crippen molar-refractivity contribution in [1.82, 2.24) is 9.55 Å². The molecule has 20 heavy (non-hydrogen) atoms. The summed E-state index contributed by atoms with van der Waals surface area (Å²) in [5.74, 6) is 1.03. The van der Waals surface area contributed by atoms with Gasteiger partial charge >= 0.3 is 0 Å². The highest BCUT2D eigenvalue weighted by Gasteiger charge is 2.20. The van der Waals surface area contributed by atoms with Crippen LogP contribution in [0.15, 0.2) is 6.20 Å². The van der Waals surface area contributed by atoms with Gasteiger partial charge in [0.2, 0.25) is 5.95 Å². The summed E-state index contributed by atoms with van der Waals surface area (Å²) >= 11 is 0. The van der Waals surface area contributed by atoms with Gasteiger partial charge in [-0.15, -0.1) is 0 Å². The fraction of sp³-hybridized carbons (Fsp3) is 0.812. The molecule has 0 bridgehead atoms. The van der Waals surface area contributed by atoms with Crippen LogP contribution in [0.4, 0.5) is 5.95 Å². The molecule has 0 unspecified atom stereocenters. The maximum atomic E-state index is 5.90. The Morgan fingerprint density at radius 2 is 1.90 bits per heavy atom. The number of nitrogens with zero attached hydrogens (tertiary/aromatic N) is 2. The van der Waals surface area contributed by atoms with Crippen molar-refractivity contribution in [3.63, 3.8) is 0 Å². The summed E-state index contributed by atoms with van der Waals surface area (Å²) in [5.41, 5.74) is 1.11. The third-order valence-electron chi connectivity index (χ3n) is 4.61. The number of aromatic nitrogens is 2. The van der Waals surface area contributed by atoms with E-state index in [1.54, 1.807) is 0 Å². The van der Waals surface area contributed by atoms with Crippen LogP contribution in [0.5, 0.6) is 0 Å². The lowest BCUT2D eigenvalue weighted by molar-refractivity contribution is 0.0658. The average molecular weight is 277 g/mol. The van der Waals surface area contributed by atoms with Crippen molar-refractivity contribution in [3.8, 4) is 0 Å². The third kappa shape index (κ3) is 3.35. The number of ether oxygens (including phenoxy) is 1. The Morgan fingerprint density at radius 1 is 1.20 bits per heavy atom. The zero-order valence-electron chi connectivity index (χ0n) is 12.6. The van der Waals surface area contributed by atoms with Gasteiger partial charge in [0, 0.05) is 18.8 Å². The molecule has 0 saturated heterocycles. The van der Waals surface area contributed by atoms with Gasteiger partial charge in [0.15, 0.2) is 0 Å². The van der Waals surface area contributed by atoms with Crippen molar-refractivity contribution in [2.45, 2.75) is 70.4 Å². The molecule has 2 aliphatic rings. The molecule has 0 atom stereocenters. The normalized spacial score (nSPS) is 20.9. The summed E-state index contributed by atoms with van der Waals surface area (Å²) in [6.07, 6.45) is 13.2. The molecule has 0 aromatic carbocycles. The van der Waals surface area contributed by atoms with Crippen LogP contribution in [0, 0.1) is 6.92 Å². The second kappa shape index (κ2) is 6.61. The smallest absolute Gasteiger partial charge is 0.203 e. The molecule has 0 radical (unpaired) electrons. The first-order valence-corrected chi connectivity index (χ1v) is 8.24. The highest BCUT2D eigenvalue weighted by molar-refractivity contribution is 5.29. The van der Waals surface area contributed by atoms with E-state index in [9.17, 15) is 0 Å². The number of hydrogen-bond acceptors (Lipinski definition) is 3. The molecule has 1 aromatic heterocycles. The second-order valence-electron chi connectivity index (χ2n) is 6.26. The van der Waals surface area contributed by atoms with Crippen molar-refractivity contribution in [3.05, 3.63) is 11.9 Å². The van der Waals surface area contributed by atoms with Crippen molar-refractivity contribution in [2.75, 3.05) is 18.5 Å². The summed E-state index contributed by atoms with van der Waals surface area (Å²) in [6, 6.07) is 0.648. The monoisotopic (exact) mass is 277 g/mol. The molecule has 1 aromatic rings. The van der Waals surface area contributed by atoms with Crippen molar-refractivity contribution >= 4 is 5.95 Å². The molecule has 1 heterocycles. The molecule has 2 saturated carbocycles. The minimum atomic E-state index is 0.508. The topological polar surface area (TPSA) is 39.1 Å². The molecular weight excluding hydrogens is 250 g/mol. The lowest BCUT2D eigenvalue weighted by Gasteiger charge is -2.16. The second-order valence-corrected chi connectivity index (χ2v) is 6.26. The minimum Gasteiger partial charge on any atom is -0.376 e. The van der Waals surface area contributed by atoms with E-state index in [0.717, 1.165) is 24.8 Å². The number of hydrogen-bond donors (Lipinski definition) is 1. The first-order valence-electron chi connectivity index (χ1n) is 8.24. The zero-order valence-corrected chi connectivity index (χ0v) is 12.6. The summed E-state index contributed by atoms with van der Waals surface area (Å²) in [7, 11) is 0. The van der Waals surface area contributed by atoms with Gasteiger partial charge in [0.25, 0.3) is 0 Å². The molecule has 0 amide bonds. The molecule has 112 valence electrons. The summed E-state index contributed by atoms with van der Waals surface area (Å²) < 4.78 is 8.24. The zero-order chi connectivity index (χ0) is 13.8. The molecule has 0 spiro atoms. The van der Waals surface area contributed by atoms with Crippen LogP contribution in [0.3, 0.4) is 0 Å². The standard InChI is InChI=1S/C16H27N3O/c1-13-12-19(14-6-2-3-7-14)16(18-13)17-10-11-20-15-8-4-5-9-15/h12,14-15H,2-11H2,1H3,(H,17,18). The average Bonchev–Trinajstić information content (AvgIpc) is 3.16. The molecule has 2 fully saturated rings. The first-order chi connectivity index (χ1) is 9.83. The summed E-state index contributed by atoms with van der Waals surface area (Å²) in [4.78, 5) is 4.62. The van der Waals surface area contributed by atoms with Crippen LogP contribution >= 0.6 is 0 Å². The Morgan fingerprint density at radius 3 is 2.65 bits per heavy atom. The summed E-state index contributed by atoms with van der Waals surface area (Å²) in [6.45, 7) is 3.73. The van der Waals surface area contributed by atoms with E-state index in [0.29, 0.717) is 12.1 Å². The Kier molecular flexibility index (Phi) is 4.61. The van der Waals surface area contributed by atoms with Crippen LogP contribution in [0.1, 0.15) is 63.1 Å². The highest BCUT2D eigenvalue weighted by atomic mass is 16.5. The highest BCUT2D eigenvalue weighted by Crippen LogP contribution is 2.32. The molecule has 0 aliphatic heterocycles. The Balaban J connectivity index is 1.48.